The first-order chi connectivity index (χ1) is 11.1. The molecule has 122 valence electrons. The van der Waals surface area contributed by atoms with Gasteiger partial charge in [-0.1, -0.05) is 35.4 Å². The van der Waals surface area contributed by atoms with Crippen LogP contribution in [0.3, 0.4) is 0 Å². The van der Waals surface area contributed by atoms with Crippen molar-refractivity contribution in [2.75, 3.05) is 6.61 Å². The van der Waals surface area contributed by atoms with E-state index in [1.54, 1.807) is 0 Å². The molecule has 9 nitrogen and oxygen atoms in total. The van der Waals surface area contributed by atoms with Gasteiger partial charge in [0.15, 0.2) is 12.4 Å². The van der Waals surface area contributed by atoms with Gasteiger partial charge in [-0.2, -0.15) is 0 Å². The molecule has 2 saturated heterocycles. The van der Waals surface area contributed by atoms with Crippen molar-refractivity contribution in [3.05, 3.63) is 46.3 Å². The molecule has 9 heteroatoms. The summed E-state index contributed by atoms with van der Waals surface area (Å²) in [5.74, 6) is -1.33. The number of carboxylic acid groups (broad SMARTS) is 1. The molecule has 3 unspecified atom stereocenters. The second-order valence-corrected chi connectivity index (χ2v) is 5.30. The number of azide groups is 1. The number of benzene rings is 1. The molecule has 1 aromatic rings. The standard InChI is InChI=1S/C14H15N3O6/c15-17-16-9-10(18)12(13(19)20)22-8-6-21-14(23-11(8)9)7-4-2-1-3-5-7/h1-5,8-12,14,18H,6H2,(H,19,20)/t8?,9?,10-,11-,12+,14?/m0/s1. The van der Waals surface area contributed by atoms with Crippen LogP contribution in [0.2, 0.25) is 0 Å². The van der Waals surface area contributed by atoms with Crippen molar-refractivity contribution in [1.82, 2.24) is 0 Å². The summed E-state index contributed by atoms with van der Waals surface area (Å²) in [7, 11) is 0. The monoisotopic (exact) mass is 321 g/mol. The highest BCUT2D eigenvalue weighted by Crippen LogP contribution is 2.35. The molecular weight excluding hydrogens is 306 g/mol. The van der Waals surface area contributed by atoms with Gasteiger partial charge in [-0.25, -0.2) is 4.79 Å². The van der Waals surface area contributed by atoms with Crippen molar-refractivity contribution >= 4 is 5.97 Å². The Hall–Kier alpha value is -2.16. The summed E-state index contributed by atoms with van der Waals surface area (Å²) in [6.45, 7) is 0.0676. The Bertz CT molecular complexity index is 620. The first kappa shape index (κ1) is 15.7. The third-order valence-corrected chi connectivity index (χ3v) is 3.88. The Morgan fingerprint density at radius 1 is 1.30 bits per heavy atom. The van der Waals surface area contributed by atoms with Crippen LogP contribution in [-0.2, 0) is 19.0 Å². The molecule has 0 aliphatic carbocycles. The van der Waals surface area contributed by atoms with Crippen molar-refractivity contribution in [3.63, 3.8) is 0 Å². The Morgan fingerprint density at radius 2 is 2.04 bits per heavy atom. The van der Waals surface area contributed by atoms with E-state index in [2.05, 4.69) is 10.0 Å². The van der Waals surface area contributed by atoms with Crippen molar-refractivity contribution in [3.8, 4) is 0 Å². The molecule has 2 aliphatic heterocycles. The fourth-order valence-corrected chi connectivity index (χ4v) is 2.79. The van der Waals surface area contributed by atoms with Gasteiger partial charge < -0.3 is 24.4 Å². The lowest BCUT2D eigenvalue weighted by Gasteiger charge is -2.45. The van der Waals surface area contributed by atoms with Gasteiger partial charge in [0, 0.05) is 10.5 Å². The number of fused-ring (bicyclic) bond motifs is 1. The first-order valence-corrected chi connectivity index (χ1v) is 7.04. The molecule has 2 fully saturated rings. The summed E-state index contributed by atoms with van der Waals surface area (Å²) in [4.78, 5) is 13.9. The molecule has 6 atom stereocenters. The smallest absolute Gasteiger partial charge is 0.335 e. The average Bonchev–Trinajstić information content (AvgIpc) is 2.57. The summed E-state index contributed by atoms with van der Waals surface area (Å²) in [5, 5.41) is 22.8. The van der Waals surface area contributed by atoms with E-state index < -0.39 is 42.7 Å². The van der Waals surface area contributed by atoms with Crippen LogP contribution < -0.4 is 0 Å². The average molecular weight is 321 g/mol. The van der Waals surface area contributed by atoms with Gasteiger partial charge >= 0.3 is 5.97 Å². The lowest BCUT2D eigenvalue weighted by Crippen LogP contribution is -2.62. The molecule has 2 heterocycles. The minimum atomic E-state index is -1.50. The predicted molar refractivity (Wildman–Crippen MR) is 75.2 cm³/mol. The highest BCUT2D eigenvalue weighted by molar-refractivity contribution is 5.73. The largest absolute Gasteiger partial charge is 0.479 e. The lowest BCUT2D eigenvalue weighted by molar-refractivity contribution is -0.304. The van der Waals surface area contributed by atoms with E-state index >= 15 is 0 Å². The predicted octanol–water partition coefficient (Wildman–Crippen LogP) is 0.992. The number of rotatable bonds is 3. The SMILES string of the molecule is [N-]=[N+]=NC1[C@H]2OC(c3ccccc3)OCC2O[C@@H](C(=O)O)[C@H]1O. The number of hydrogen-bond acceptors (Lipinski definition) is 6. The summed E-state index contributed by atoms with van der Waals surface area (Å²) < 4.78 is 16.7. The molecule has 0 spiro atoms. The molecule has 0 saturated carbocycles. The second-order valence-electron chi connectivity index (χ2n) is 5.30. The van der Waals surface area contributed by atoms with Crippen LogP contribution in [0.15, 0.2) is 35.4 Å². The Balaban J connectivity index is 1.84. The summed E-state index contributed by atoms with van der Waals surface area (Å²) in [6, 6.07) is 8.05. The minimum Gasteiger partial charge on any atom is -0.479 e. The van der Waals surface area contributed by atoms with Crippen molar-refractivity contribution in [1.29, 1.82) is 0 Å². The highest BCUT2D eigenvalue weighted by atomic mass is 16.7. The summed E-state index contributed by atoms with van der Waals surface area (Å²) in [5.41, 5.74) is 9.47. The molecule has 2 N–H and O–H groups in total. The maximum Gasteiger partial charge on any atom is 0.335 e. The van der Waals surface area contributed by atoms with E-state index in [1.165, 1.54) is 0 Å². The van der Waals surface area contributed by atoms with Crippen LogP contribution >= 0.6 is 0 Å². The van der Waals surface area contributed by atoms with Crippen molar-refractivity contribution in [2.45, 2.75) is 36.7 Å². The fraction of sp³-hybridized carbons (Fsp3) is 0.500. The van der Waals surface area contributed by atoms with Crippen LogP contribution in [0.25, 0.3) is 10.4 Å². The molecule has 0 aromatic heterocycles. The number of aliphatic carboxylic acids is 1. The van der Waals surface area contributed by atoms with Gasteiger partial charge in [0.05, 0.1) is 12.6 Å². The Morgan fingerprint density at radius 3 is 2.70 bits per heavy atom. The molecule has 1 aromatic carbocycles. The molecule has 2 aliphatic rings. The highest BCUT2D eigenvalue weighted by Gasteiger charge is 2.51. The normalized spacial score (nSPS) is 36.6. The van der Waals surface area contributed by atoms with E-state index in [1.807, 2.05) is 30.3 Å². The van der Waals surface area contributed by atoms with Gasteiger partial charge in [0.2, 0.25) is 0 Å². The Labute approximate surface area is 131 Å². The number of carbonyl (C=O) groups is 1. The van der Waals surface area contributed by atoms with E-state index in [-0.39, 0.29) is 6.61 Å². The van der Waals surface area contributed by atoms with Gasteiger partial charge in [-0.15, -0.1) is 0 Å². The minimum absolute atomic E-state index is 0.0676. The topological polar surface area (TPSA) is 134 Å². The molecule has 23 heavy (non-hydrogen) atoms. The van der Waals surface area contributed by atoms with Crippen LogP contribution in [-0.4, -0.2) is 53.2 Å². The van der Waals surface area contributed by atoms with Crippen LogP contribution in [0.5, 0.6) is 0 Å². The maximum absolute atomic E-state index is 11.2. The molecular formula is C14H15N3O6. The number of nitrogens with zero attached hydrogens (tertiary/aromatic N) is 3. The molecule has 0 radical (unpaired) electrons. The first-order valence-electron chi connectivity index (χ1n) is 7.04. The molecule has 0 amide bonds. The fourth-order valence-electron chi connectivity index (χ4n) is 2.79. The number of ether oxygens (including phenoxy) is 3. The van der Waals surface area contributed by atoms with Crippen LogP contribution in [0.4, 0.5) is 0 Å². The number of carboxylic acids is 1. The van der Waals surface area contributed by atoms with Gasteiger partial charge in [-0.3, -0.25) is 0 Å². The van der Waals surface area contributed by atoms with E-state index in [0.717, 1.165) is 5.56 Å². The second kappa shape index (κ2) is 6.53. The third kappa shape index (κ3) is 3.00. The zero-order chi connectivity index (χ0) is 16.4. The van der Waals surface area contributed by atoms with Crippen molar-refractivity contribution < 1.29 is 29.2 Å². The van der Waals surface area contributed by atoms with E-state index in [9.17, 15) is 9.90 Å². The van der Waals surface area contributed by atoms with Crippen LogP contribution in [0, 0.1) is 0 Å². The quantitative estimate of drug-likeness (QED) is 0.484. The van der Waals surface area contributed by atoms with E-state index in [4.69, 9.17) is 24.8 Å². The van der Waals surface area contributed by atoms with Gasteiger partial charge in [0.1, 0.15) is 18.3 Å². The summed E-state index contributed by atoms with van der Waals surface area (Å²) >= 11 is 0. The lowest BCUT2D eigenvalue weighted by atomic mass is 9.92. The molecule has 0 bridgehead atoms. The van der Waals surface area contributed by atoms with Gasteiger partial charge in [-0.05, 0) is 5.53 Å². The zero-order valence-corrected chi connectivity index (χ0v) is 11.9. The van der Waals surface area contributed by atoms with E-state index in [0.29, 0.717) is 0 Å². The van der Waals surface area contributed by atoms with Crippen LogP contribution in [0.1, 0.15) is 11.9 Å². The third-order valence-electron chi connectivity index (χ3n) is 3.88. The number of aliphatic hydroxyl groups is 1. The maximum atomic E-state index is 11.2. The molecule has 3 rings (SSSR count). The zero-order valence-electron chi connectivity index (χ0n) is 11.9. The van der Waals surface area contributed by atoms with Gasteiger partial charge in [0.25, 0.3) is 0 Å². The van der Waals surface area contributed by atoms with Crippen molar-refractivity contribution in [2.24, 2.45) is 5.11 Å². The summed E-state index contributed by atoms with van der Waals surface area (Å²) in [6.07, 6.45) is -5.23. The number of hydrogen-bond donors (Lipinski definition) is 2. The number of aliphatic hydroxyl groups excluding tert-OH is 1. The Kier molecular flexibility index (Phi) is 4.46.